The summed E-state index contributed by atoms with van der Waals surface area (Å²) in [4.78, 5) is 51.2. The maximum absolute atomic E-state index is 12.4. The number of rotatable bonds is 4. The predicted molar refractivity (Wildman–Crippen MR) is 81.9 cm³/mol. The first-order chi connectivity index (χ1) is 11.5. The van der Waals surface area contributed by atoms with Crippen LogP contribution >= 0.6 is 0 Å². The highest BCUT2D eigenvalue weighted by molar-refractivity contribution is 6.21. The molecule has 2 aliphatic heterocycles. The van der Waals surface area contributed by atoms with Gasteiger partial charge in [-0.25, -0.2) is 0 Å². The molecule has 126 valence electrons. The molecule has 3 amide bonds. The summed E-state index contributed by atoms with van der Waals surface area (Å²) in [5.41, 5.74) is 0.710. The number of nitrogens with zero attached hydrogens (tertiary/aromatic N) is 2. The minimum Gasteiger partial charge on any atom is -0.469 e. The monoisotopic (exact) mass is 331 g/mol. The van der Waals surface area contributed by atoms with Gasteiger partial charge in [0.25, 0.3) is 11.8 Å². The average molecular weight is 331 g/mol. The number of fused-ring (bicyclic) bond motifs is 1. The van der Waals surface area contributed by atoms with Crippen LogP contribution < -0.4 is 5.32 Å². The molecule has 0 bridgehead atoms. The molecule has 0 radical (unpaired) electrons. The van der Waals surface area contributed by atoms with Gasteiger partial charge < -0.3 is 10.1 Å². The van der Waals surface area contributed by atoms with Crippen molar-refractivity contribution < 1.29 is 23.9 Å². The van der Waals surface area contributed by atoms with E-state index < -0.39 is 23.8 Å². The number of ether oxygens (including phenoxy) is 1. The summed E-state index contributed by atoms with van der Waals surface area (Å²) >= 11 is 0. The standard InChI is InChI=1S/C16H17N3O5/c1-24-13(20)8-12-14(21)17-6-7-18(12)9-19-15(22)10-4-2-3-5-11(10)16(19)23/h2-5,12H,6-9H2,1H3,(H,17,21)/t12-/m1/s1. The van der Waals surface area contributed by atoms with Crippen molar-refractivity contribution in [3.05, 3.63) is 35.4 Å². The largest absolute Gasteiger partial charge is 0.469 e. The normalized spacial score (nSPS) is 20.8. The van der Waals surface area contributed by atoms with Crippen molar-refractivity contribution in [3.8, 4) is 0 Å². The first-order valence-electron chi connectivity index (χ1n) is 7.56. The van der Waals surface area contributed by atoms with Crippen molar-refractivity contribution in [1.82, 2.24) is 15.1 Å². The zero-order valence-electron chi connectivity index (χ0n) is 13.2. The molecular formula is C16H17N3O5. The molecule has 0 unspecified atom stereocenters. The Morgan fingerprint density at radius 3 is 2.42 bits per heavy atom. The predicted octanol–water partition coefficient (Wildman–Crippen LogP) is -0.396. The molecule has 0 spiro atoms. The van der Waals surface area contributed by atoms with Gasteiger partial charge in [0.2, 0.25) is 5.91 Å². The Labute approximate surface area is 138 Å². The molecule has 1 saturated heterocycles. The number of esters is 1. The van der Waals surface area contributed by atoms with Crippen LogP contribution in [0.15, 0.2) is 24.3 Å². The van der Waals surface area contributed by atoms with Gasteiger partial charge in [-0.1, -0.05) is 12.1 Å². The number of piperazine rings is 1. The average Bonchev–Trinajstić information content (AvgIpc) is 2.83. The topological polar surface area (TPSA) is 96.0 Å². The van der Waals surface area contributed by atoms with E-state index in [1.165, 1.54) is 7.11 Å². The number of carbonyl (C=O) groups excluding carboxylic acids is 4. The highest BCUT2D eigenvalue weighted by Gasteiger charge is 2.39. The summed E-state index contributed by atoms with van der Waals surface area (Å²) in [5.74, 6) is -1.62. The molecule has 2 heterocycles. The Morgan fingerprint density at radius 1 is 1.21 bits per heavy atom. The third-order valence-electron chi connectivity index (χ3n) is 4.23. The summed E-state index contributed by atoms with van der Waals surface area (Å²) in [6.07, 6.45) is -0.133. The van der Waals surface area contributed by atoms with Crippen molar-refractivity contribution in [3.63, 3.8) is 0 Å². The van der Waals surface area contributed by atoms with E-state index in [-0.39, 0.29) is 19.0 Å². The number of imide groups is 1. The van der Waals surface area contributed by atoms with Crippen molar-refractivity contribution in [2.75, 3.05) is 26.9 Å². The lowest BCUT2D eigenvalue weighted by Crippen LogP contribution is -2.59. The lowest BCUT2D eigenvalue weighted by atomic mass is 10.1. The number of nitrogens with one attached hydrogen (secondary N) is 1. The van der Waals surface area contributed by atoms with E-state index in [9.17, 15) is 19.2 Å². The second kappa shape index (κ2) is 6.40. The third-order valence-corrected chi connectivity index (χ3v) is 4.23. The molecule has 24 heavy (non-hydrogen) atoms. The Balaban J connectivity index is 1.79. The van der Waals surface area contributed by atoms with E-state index in [0.717, 1.165) is 4.90 Å². The molecule has 8 heteroatoms. The fourth-order valence-electron chi connectivity index (χ4n) is 2.94. The maximum Gasteiger partial charge on any atom is 0.307 e. The van der Waals surface area contributed by atoms with Crippen molar-refractivity contribution in [1.29, 1.82) is 0 Å². The van der Waals surface area contributed by atoms with E-state index in [4.69, 9.17) is 0 Å². The fraction of sp³-hybridized carbons (Fsp3) is 0.375. The number of hydrogen-bond donors (Lipinski definition) is 1. The van der Waals surface area contributed by atoms with Gasteiger partial charge in [-0.2, -0.15) is 0 Å². The molecule has 1 N–H and O–H groups in total. The van der Waals surface area contributed by atoms with Crippen LogP contribution in [-0.4, -0.2) is 66.4 Å². The molecule has 0 saturated carbocycles. The van der Waals surface area contributed by atoms with E-state index in [1.54, 1.807) is 29.2 Å². The van der Waals surface area contributed by atoms with Crippen LogP contribution in [0.5, 0.6) is 0 Å². The van der Waals surface area contributed by atoms with E-state index >= 15 is 0 Å². The minimum atomic E-state index is -0.768. The van der Waals surface area contributed by atoms with Crippen LogP contribution in [0.2, 0.25) is 0 Å². The molecule has 1 atom stereocenters. The molecule has 0 aliphatic carbocycles. The van der Waals surface area contributed by atoms with E-state index in [2.05, 4.69) is 10.1 Å². The molecule has 8 nitrogen and oxygen atoms in total. The number of hydrogen-bond acceptors (Lipinski definition) is 6. The van der Waals surface area contributed by atoms with Crippen LogP contribution in [0.3, 0.4) is 0 Å². The Bertz CT molecular complexity index is 682. The number of methoxy groups -OCH3 is 1. The third kappa shape index (κ3) is 2.76. The maximum atomic E-state index is 12.4. The SMILES string of the molecule is COC(=O)C[C@@H]1C(=O)NCCN1CN1C(=O)c2ccccc2C1=O. The van der Waals surface area contributed by atoms with Gasteiger partial charge in [-0.05, 0) is 12.1 Å². The van der Waals surface area contributed by atoms with Gasteiger partial charge in [0, 0.05) is 13.1 Å². The van der Waals surface area contributed by atoms with E-state index in [0.29, 0.717) is 24.2 Å². The summed E-state index contributed by atoms with van der Waals surface area (Å²) in [6.45, 7) is 0.780. The summed E-state index contributed by atoms with van der Waals surface area (Å²) < 4.78 is 4.62. The zero-order valence-corrected chi connectivity index (χ0v) is 13.2. The van der Waals surface area contributed by atoms with Crippen LogP contribution in [0.25, 0.3) is 0 Å². The lowest BCUT2D eigenvalue weighted by Gasteiger charge is -2.36. The number of amides is 3. The summed E-state index contributed by atoms with van der Waals surface area (Å²) in [5, 5.41) is 2.68. The first kappa shape index (κ1) is 16.1. The Morgan fingerprint density at radius 2 is 1.83 bits per heavy atom. The van der Waals surface area contributed by atoms with Gasteiger partial charge >= 0.3 is 5.97 Å². The molecule has 1 fully saturated rings. The molecular weight excluding hydrogens is 314 g/mol. The van der Waals surface area contributed by atoms with Gasteiger partial charge in [-0.3, -0.25) is 29.0 Å². The van der Waals surface area contributed by atoms with Gasteiger partial charge in [0.05, 0.1) is 31.3 Å². The van der Waals surface area contributed by atoms with Crippen molar-refractivity contribution >= 4 is 23.7 Å². The van der Waals surface area contributed by atoms with Crippen LogP contribution in [0, 0.1) is 0 Å². The molecule has 1 aromatic carbocycles. The van der Waals surface area contributed by atoms with Gasteiger partial charge in [0.15, 0.2) is 0 Å². The lowest BCUT2D eigenvalue weighted by molar-refractivity contribution is -0.146. The first-order valence-corrected chi connectivity index (χ1v) is 7.56. The summed E-state index contributed by atoms with van der Waals surface area (Å²) in [6, 6.07) is 5.83. The molecule has 2 aliphatic rings. The van der Waals surface area contributed by atoms with Crippen molar-refractivity contribution in [2.45, 2.75) is 12.5 Å². The smallest absolute Gasteiger partial charge is 0.307 e. The highest BCUT2D eigenvalue weighted by atomic mass is 16.5. The quantitative estimate of drug-likeness (QED) is 0.596. The Hall–Kier alpha value is -2.74. The number of benzene rings is 1. The Kier molecular flexibility index (Phi) is 4.30. The molecule has 1 aromatic rings. The molecule has 3 rings (SSSR count). The van der Waals surface area contributed by atoms with Gasteiger partial charge in [-0.15, -0.1) is 0 Å². The number of carbonyl (C=O) groups is 4. The zero-order chi connectivity index (χ0) is 17.3. The highest BCUT2D eigenvalue weighted by Crippen LogP contribution is 2.23. The fourth-order valence-corrected chi connectivity index (χ4v) is 2.94. The second-order valence-corrected chi connectivity index (χ2v) is 5.62. The van der Waals surface area contributed by atoms with Crippen molar-refractivity contribution in [2.24, 2.45) is 0 Å². The van der Waals surface area contributed by atoms with Crippen LogP contribution in [-0.2, 0) is 14.3 Å². The molecule has 0 aromatic heterocycles. The van der Waals surface area contributed by atoms with Gasteiger partial charge in [0.1, 0.15) is 6.04 Å². The van der Waals surface area contributed by atoms with E-state index in [1.807, 2.05) is 0 Å². The van der Waals surface area contributed by atoms with Crippen LogP contribution in [0.1, 0.15) is 27.1 Å². The van der Waals surface area contributed by atoms with Crippen LogP contribution in [0.4, 0.5) is 0 Å². The summed E-state index contributed by atoms with van der Waals surface area (Å²) in [7, 11) is 1.25. The second-order valence-electron chi connectivity index (χ2n) is 5.62. The minimum absolute atomic E-state index is 0.0403.